The third-order valence-corrected chi connectivity index (χ3v) is 8.06. The Hall–Kier alpha value is -2.67. The Morgan fingerprint density at radius 3 is 2.40 bits per heavy atom. The number of hydrogen-bond donors (Lipinski definition) is 1. The van der Waals surface area contributed by atoms with E-state index in [-0.39, 0.29) is 41.4 Å². The van der Waals surface area contributed by atoms with Gasteiger partial charge >= 0.3 is 0 Å². The van der Waals surface area contributed by atoms with Gasteiger partial charge in [0.25, 0.3) is 0 Å². The SMILES string of the molecule is CCC(Cc1ccccc1)NC(=O)CN1C(=O)CC(C)(C)S(=O)(=O)c2ccccc21. The molecule has 0 spiro atoms. The third-order valence-electron chi connectivity index (χ3n) is 5.54. The molecular formula is C23H28N2O4S. The number of nitrogens with zero attached hydrogens (tertiary/aromatic N) is 1. The molecule has 2 amide bonds. The Morgan fingerprint density at radius 1 is 1.10 bits per heavy atom. The molecule has 0 saturated carbocycles. The number of amides is 2. The van der Waals surface area contributed by atoms with Crippen LogP contribution in [0.2, 0.25) is 0 Å². The third kappa shape index (κ3) is 4.41. The monoisotopic (exact) mass is 428 g/mol. The maximum atomic E-state index is 13.1. The largest absolute Gasteiger partial charge is 0.351 e. The smallest absolute Gasteiger partial charge is 0.240 e. The zero-order valence-corrected chi connectivity index (χ0v) is 18.4. The highest BCUT2D eigenvalue weighted by Crippen LogP contribution is 2.38. The van der Waals surface area contributed by atoms with E-state index in [2.05, 4.69) is 5.32 Å². The summed E-state index contributed by atoms with van der Waals surface area (Å²) in [5.74, 6) is -0.683. The van der Waals surface area contributed by atoms with Crippen molar-refractivity contribution in [3.8, 4) is 0 Å². The van der Waals surface area contributed by atoms with E-state index in [1.54, 1.807) is 32.0 Å². The minimum atomic E-state index is -3.72. The van der Waals surface area contributed by atoms with Crippen molar-refractivity contribution in [3.63, 3.8) is 0 Å². The van der Waals surface area contributed by atoms with E-state index in [9.17, 15) is 18.0 Å². The molecule has 1 N–H and O–H groups in total. The molecule has 3 rings (SSSR count). The average molecular weight is 429 g/mol. The van der Waals surface area contributed by atoms with Crippen LogP contribution in [0.4, 0.5) is 5.69 Å². The van der Waals surface area contributed by atoms with Crippen LogP contribution in [0.15, 0.2) is 59.5 Å². The summed E-state index contributed by atoms with van der Waals surface area (Å²) in [4.78, 5) is 27.1. The zero-order valence-electron chi connectivity index (χ0n) is 17.6. The maximum absolute atomic E-state index is 13.1. The topological polar surface area (TPSA) is 83.6 Å². The lowest BCUT2D eigenvalue weighted by molar-refractivity contribution is -0.124. The molecule has 1 aliphatic heterocycles. The van der Waals surface area contributed by atoms with Gasteiger partial charge in [0.2, 0.25) is 11.8 Å². The molecule has 1 aliphatic rings. The molecule has 30 heavy (non-hydrogen) atoms. The molecule has 1 unspecified atom stereocenters. The fraction of sp³-hybridized carbons (Fsp3) is 0.391. The van der Waals surface area contributed by atoms with Crippen molar-refractivity contribution in [2.45, 2.75) is 55.7 Å². The van der Waals surface area contributed by atoms with Crippen molar-refractivity contribution in [1.29, 1.82) is 0 Å². The zero-order chi connectivity index (χ0) is 21.9. The van der Waals surface area contributed by atoms with Crippen molar-refractivity contribution in [2.75, 3.05) is 11.4 Å². The second kappa shape index (κ2) is 8.60. The Kier molecular flexibility index (Phi) is 6.31. The molecule has 1 heterocycles. The lowest BCUT2D eigenvalue weighted by Gasteiger charge is -2.24. The fourth-order valence-electron chi connectivity index (χ4n) is 3.68. The normalized spacial score (nSPS) is 18.2. The molecule has 7 heteroatoms. The average Bonchev–Trinajstić information content (AvgIpc) is 2.76. The molecular weight excluding hydrogens is 400 g/mol. The number of sulfone groups is 1. The minimum absolute atomic E-state index is 0.0719. The predicted octanol–water partition coefficient (Wildman–Crippen LogP) is 3.11. The molecule has 2 aromatic carbocycles. The van der Waals surface area contributed by atoms with Crippen LogP contribution in [0.1, 0.15) is 39.2 Å². The standard InChI is InChI=1S/C23H28N2O4S/c1-4-18(14-17-10-6-5-7-11-17)24-21(26)16-25-19-12-8-9-13-20(19)30(28,29)23(2,3)15-22(25)27/h5-13,18H,4,14-16H2,1-3H3,(H,24,26). The van der Waals surface area contributed by atoms with Crippen LogP contribution in [0, 0.1) is 0 Å². The van der Waals surface area contributed by atoms with Gasteiger partial charge in [-0.2, -0.15) is 0 Å². The van der Waals surface area contributed by atoms with Gasteiger partial charge in [-0.1, -0.05) is 49.4 Å². The number of para-hydroxylation sites is 1. The van der Waals surface area contributed by atoms with Crippen molar-refractivity contribution < 1.29 is 18.0 Å². The Morgan fingerprint density at radius 2 is 1.73 bits per heavy atom. The summed E-state index contributed by atoms with van der Waals surface area (Å²) in [6.07, 6.45) is 1.25. The first-order valence-electron chi connectivity index (χ1n) is 10.1. The first-order valence-corrected chi connectivity index (χ1v) is 11.6. The van der Waals surface area contributed by atoms with Crippen LogP contribution >= 0.6 is 0 Å². The van der Waals surface area contributed by atoms with E-state index in [4.69, 9.17) is 0 Å². The van der Waals surface area contributed by atoms with Crippen LogP contribution in [-0.2, 0) is 25.8 Å². The van der Waals surface area contributed by atoms with Crippen LogP contribution in [0.25, 0.3) is 0 Å². The first-order chi connectivity index (χ1) is 14.2. The van der Waals surface area contributed by atoms with Crippen molar-refractivity contribution in [3.05, 3.63) is 60.2 Å². The fourth-order valence-corrected chi connectivity index (χ4v) is 5.30. The number of carbonyl (C=O) groups excluding carboxylic acids is 2. The molecule has 2 aromatic rings. The number of fused-ring (bicyclic) bond motifs is 1. The van der Waals surface area contributed by atoms with E-state index in [0.717, 1.165) is 12.0 Å². The Labute approximate surface area is 178 Å². The number of benzene rings is 2. The van der Waals surface area contributed by atoms with Gasteiger partial charge in [0.05, 0.1) is 15.3 Å². The van der Waals surface area contributed by atoms with E-state index < -0.39 is 14.6 Å². The first kappa shape index (κ1) is 22.0. The van der Waals surface area contributed by atoms with Gasteiger partial charge in [-0.15, -0.1) is 0 Å². The van der Waals surface area contributed by atoms with Crippen molar-refractivity contribution in [2.24, 2.45) is 0 Å². The highest BCUT2D eigenvalue weighted by atomic mass is 32.2. The molecule has 0 fully saturated rings. The highest BCUT2D eigenvalue weighted by molar-refractivity contribution is 7.93. The van der Waals surface area contributed by atoms with Gasteiger partial charge in [0, 0.05) is 12.5 Å². The van der Waals surface area contributed by atoms with Gasteiger partial charge in [-0.05, 0) is 44.4 Å². The summed E-state index contributed by atoms with van der Waals surface area (Å²) in [7, 11) is -3.72. The second-order valence-corrected chi connectivity index (χ2v) is 10.8. The van der Waals surface area contributed by atoms with Gasteiger partial charge in [0.15, 0.2) is 9.84 Å². The van der Waals surface area contributed by atoms with E-state index in [0.29, 0.717) is 6.42 Å². The molecule has 0 aromatic heterocycles. The summed E-state index contributed by atoms with van der Waals surface area (Å²) in [6, 6.07) is 16.2. The quantitative estimate of drug-likeness (QED) is 0.766. The van der Waals surface area contributed by atoms with Gasteiger partial charge in [-0.25, -0.2) is 8.42 Å². The van der Waals surface area contributed by atoms with Crippen LogP contribution < -0.4 is 10.2 Å². The van der Waals surface area contributed by atoms with Gasteiger partial charge < -0.3 is 10.2 Å². The van der Waals surface area contributed by atoms with Crippen molar-refractivity contribution in [1.82, 2.24) is 5.32 Å². The summed E-state index contributed by atoms with van der Waals surface area (Å²) in [6.45, 7) is 4.88. The number of anilines is 1. The molecule has 0 saturated heterocycles. The molecule has 0 aliphatic carbocycles. The number of rotatable bonds is 6. The Balaban J connectivity index is 1.82. The van der Waals surface area contributed by atoms with Gasteiger partial charge in [0.1, 0.15) is 6.54 Å². The molecule has 6 nitrogen and oxygen atoms in total. The number of carbonyl (C=O) groups is 2. The van der Waals surface area contributed by atoms with Crippen molar-refractivity contribution >= 4 is 27.3 Å². The van der Waals surface area contributed by atoms with Gasteiger partial charge in [-0.3, -0.25) is 9.59 Å². The molecule has 0 bridgehead atoms. The lowest BCUT2D eigenvalue weighted by Crippen LogP contribution is -2.45. The lowest BCUT2D eigenvalue weighted by atomic mass is 10.0. The summed E-state index contributed by atoms with van der Waals surface area (Å²) in [5, 5.41) is 2.99. The summed E-state index contributed by atoms with van der Waals surface area (Å²) < 4.78 is 24.9. The van der Waals surface area contributed by atoms with E-state index >= 15 is 0 Å². The summed E-state index contributed by atoms with van der Waals surface area (Å²) in [5.41, 5.74) is 1.38. The molecule has 1 atom stereocenters. The van der Waals surface area contributed by atoms with Crippen LogP contribution in [0.5, 0.6) is 0 Å². The second-order valence-electron chi connectivity index (χ2n) is 8.25. The molecule has 160 valence electrons. The summed E-state index contributed by atoms with van der Waals surface area (Å²) >= 11 is 0. The van der Waals surface area contributed by atoms with E-state index in [1.807, 2.05) is 37.3 Å². The number of hydrogen-bond acceptors (Lipinski definition) is 4. The minimum Gasteiger partial charge on any atom is -0.351 e. The molecule has 0 radical (unpaired) electrons. The number of nitrogens with one attached hydrogen (secondary N) is 1. The maximum Gasteiger partial charge on any atom is 0.240 e. The van der Waals surface area contributed by atoms with Crippen LogP contribution in [-0.4, -0.2) is 37.6 Å². The van der Waals surface area contributed by atoms with E-state index in [1.165, 1.54) is 11.0 Å². The van der Waals surface area contributed by atoms with Crippen LogP contribution in [0.3, 0.4) is 0 Å². The predicted molar refractivity (Wildman–Crippen MR) is 117 cm³/mol. The Bertz CT molecular complexity index is 1030. The highest BCUT2D eigenvalue weighted by Gasteiger charge is 2.44.